The van der Waals surface area contributed by atoms with Gasteiger partial charge >= 0.3 is 0 Å². The van der Waals surface area contributed by atoms with Crippen LogP contribution in [0.15, 0.2) is 54.7 Å². The van der Waals surface area contributed by atoms with Crippen molar-refractivity contribution in [1.82, 2.24) is 19.6 Å². The largest absolute Gasteiger partial charge is 0.340 e. The summed E-state index contributed by atoms with van der Waals surface area (Å²) in [5, 5.41) is 6.12. The first kappa shape index (κ1) is 18.0. The minimum atomic E-state index is 0.194. The van der Waals surface area contributed by atoms with Gasteiger partial charge in [-0.25, -0.2) is 0 Å². The zero-order chi connectivity index (χ0) is 18.6. The molecule has 1 aromatic heterocycles. The molecule has 0 atom stereocenters. The third-order valence-electron chi connectivity index (χ3n) is 5.12. The fraction of sp³-hybridized carbons (Fsp3) is 0.333. The van der Waals surface area contributed by atoms with Gasteiger partial charge in [0.25, 0.3) is 0 Å². The molecule has 2 heterocycles. The quantitative estimate of drug-likeness (QED) is 0.679. The van der Waals surface area contributed by atoms with Crippen molar-refractivity contribution in [2.24, 2.45) is 0 Å². The standard InChI is InChI=1S/C21H23ClN4O/c22-19-7-6-18-15-23-26(20(18)14-19)9-8-21(27)25-12-10-24(11-13-25)16-17-4-2-1-3-5-17/h1-7,14-15H,8-13,16H2. The van der Waals surface area contributed by atoms with Gasteiger partial charge in [0.2, 0.25) is 5.91 Å². The van der Waals surface area contributed by atoms with Crippen molar-refractivity contribution in [2.45, 2.75) is 19.5 Å². The van der Waals surface area contributed by atoms with Gasteiger partial charge in [-0.2, -0.15) is 5.10 Å². The van der Waals surface area contributed by atoms with E-state index in [0.717, 1.165) is 43.6 Å². The van der Waals surface area contributed by atoms with Crippen LogP contribution in [-0.2, 0) is 17.9 Å². The van der Waals surface area contributed by atoms with Crippen molar-refractivity contribution >= 4 is 28.4 Å². The molecule has 1 aliphatic rings. The molecule has 0 aliphatic carbocycles. The Bertz CT molecular complexity index is 916. The lowest BCUT2D eigenvalue weighted by Crippen LogP contribution is -2.48. The van der Waals surface area contributed by atoms with E-state index in [1.807, 2.05) is 40.0 Å². The number of carbonyl (C=O) groups is 1. The molecule has 4 rings (SSSR count). The van der Waals surface area contributed by atoms with Crippen molar-refractivity contribution in [3.05, 3.63) is 65.3 Å². The Hall–Kier alpha value is -2.37. The summed E-state index contributed by atoms with van der Waals surface area (Å²) in [4.78, 5) is 17.0. The van der Waals surface area contributed by atoms with Crippen LogP contribution >= 0.6 is 11.6 Å². The second-order valence-corrected chi connectivity index (χ2v) is 7.40. The Balaban J connectivity index is 1.28. The van der Waals surface area contributed by atoms with Crippen molar-refractivity contribution in [3.63, 3.8) is 0 Å². The number of amides is 1. The average molecular weight is 383 g/mol. The Morgan fingerprint density at radius 2 is 1.81 bits per heavy atom. The van der Waals surface area contributed by atoms with Gasteiger partial charge in [0, 0.05) is 49.6 Å². The van der Waals surface area contributed by atoms with Crippen LogP contribution in [0, 0.1) is 0 Å². The van der Waals surface area contributed by atoms with E-state index in [4.69, 9.17) is 11.6 Å². The second-order valence-electron chi connectivity index (χ2n) is 6.96. The predicted octanol–water partition coefficient (Wildman–Crippen LogP) is 3.42. The molecule has 3 aromatic rings. The molecular weight excluding hydrogens is 360 g/mol. The van der Waals surface area contributed by atoms with E-state index in [-0.39, 0.29) is 5.91 Å². The normalized spacial score (nSPS) is 15.4. The van der Waals surface area contributed by atoms with Crippen molar-refractivity contribution < 1.29 is 4.79 Å². The monoisotopic (exact) mass is 382 g/mol. The minimum Gasteiger partial charge on any atom is -0.340 e. The number of aryl methyl sites for hydroxylation is 1. The molecule has 1 aliphatic heterocycles. The molecule has 0 N–H and O–H groups in total. The molecule has 1 fully saturated rings. The summed E-state index contributed by atoms with van der Waals surface area (Å²) >= 11 is 6.08. The highest BCUT2D eigenvalue weighted by atomic mass is 35.5. The Morgan fingerprint density at radius 1 is 1.04 bits per heavy atom. The molecular formula is C21H23ClN4O. The molecule has 0 radical (unpaired) electrons. The van der Waals surface area contributed by atoms with E-state index >= 15 is 0 Å². The number of benzene rings is 2. The lowest BCUT2D eigenvalue weighted by Gasteiger charge is -2.34. The van der Waals surface area contributed by atoms with Gasteiger partial charge in [0.1, 0.15) is 0 Å². The summed E-state index contributed by atoms with van der Waals surface area (Å²) in [5.74, 6) is 0.194. The van der Waals surface area contributed by atoms with Crippen molar-refractivity contribution in [2.75, 3.05) is 26.2 Å². The van der Waals surface area contributed by atoms with Crippen LogP contribution in [0.3, 0.4) is 0 Å². The van der Waals surface area contributed by atoms with E-state index in [1.165, 1.54) is 5.56 Å². The molecule has 1 saturated heterocycles. The number of rotatable bonds is 5. The van der Waals surface area contributed by atoms with Gasteiger partial charge in [0.15, 0.2) is 0 Å². The number of piperazine rings is 1. The highest BCUT2D eigenvalue weighted by molar-refractivity contribution is 6.31. The summed E-state index contributed by atoms with van der Waals surface area (Å²) in [7, 11) is 0. The number of hydrogen-bond donors (Lipinski definition) is 0. The summed E-state index contributed by atoms with van der Waals surface area (Å²) in [6.45, 7) is 4.94. The lowest BCUT2D eigenvalue weighted by molar-refractivity contribution is -0.133. The molecule has 0 bridgehead atoms. The van der Waals surface area contributed by atoms with Crippen LogP contribution in [-0.4, -0.2) is 51.7 Å². The van der Waals surface area contributed by atoms with Crippen LogP contribution in [0.1, 0.15) is 12.0 Å². The lowest BCUT2D eigenvalue weighted by atomic mass is 10.2. The number of halogens is 1. The third-order valence-corrected chi connectivity index (χ3v) is 5.35. The number of aromatic nitrogens is 2. The third kappa shape index (κ3) is 4.31. The van der Waals surface area contributed by atoms with Crippen LogP contribution < -0.4 is 0 Å². The van der Waals surface area contributed by atoms with Gasteiger partial charge in [0.05, 0.1) is 18.3 Å². The van der Waals surface area contributed by atoms with Crippen LogP contribution in [0.5, 0.6) is 0 Å². The maximum atomic E-state index is 12.6. The Morgan fingerprint density at radius 3 is 2.59 bits per heavy atom. The van der Waals surface area contributed by atoms with Gasteiger partial charge in [-0.1, -0.05) is 41.9 Å². The first-order valence-corrected chi connectivity index (χ1v) is 9.72. The smallest absolute Gasteiger partial charge is 0.224 e. The van der Waals surface area contributed by atoms with Crippen LogP contribution in [0.4, 0.5) is 0 Å². The number of nitrogens with zero attached hydrogens (tertiary/aromatic N) is 4. The first-order valence-electron chi connectivity index (χ1n) is 9.34. The SMILES string of the molecule is O=C(CCn1ncc2ccc(Cl)cc21)N1CCN(Cc2ccccc2)CC1. The highest BCUT2D eigenvalue weighted by Gasteiger charge is 2.21. The molecule has 0 unspecified atom stereocenters. The zero-order valence-electron chi connectivity index (χ0n) is 15.2. The topological polar surface area (TPSA) is 41.4 Å². The molecule has 0 spiro atoms. The molecule has 140 valence electrons. The first-order chi connectivity index (χ1) is 13.2. The summed E-state index contributed by atoms with van der Waals surface area (Å²) in [6, 6.07) is 16.2. The number of fused-ring (bicyclic) bond motifs is 1. The maximum Gasteiger partial charge on any atom is 0.224 e. The van der Waals surface area contributed by atoms with Crippen LogP contribution in [0.25, 0.3) is 10.9 Å². The van der Waals surface area contributed by atoms with E-state index in [1.54, 1.807) is 0 Å². The Labute approximate surface area is 164 Å². The maximum absolute atomic E-state index is 12.6. The summed E-state index contributed by atoms with van der Waals surface area (Å²) in [5.41, 5.74) is 2.30. The van der Waals surface area contributed by atoms with Gasteiger partial charge in [-0.05, 0) is 23.8 Å². The molecule has 0 saturated carbocycles. The van der Waals surface area contributed by atoms with Crippen molar-refractivity contribution in [3.8, 4) is 0 Å². The average Bonchev–Trinajstić information content (AvgIpc) is 3.09. The van der Waals surface area contributed by atoms with E-state index in [2.05, 4.69) is 34.3 Å². The van der Waals surface area contributed by atoms with E-state index in [0.29, 0.717) is 18.0 Å². The van der Waals surface area contributed by atoms with E-state index in [9.17, 15) is 4.79 Å². The number of hydrogen-bond acceptors (Lipinski definition) is 3. The van der Waals surface area contributed by atoms with E-state index < -0.39 is 0 Å². The molecule has 2 aromatic carbocycles. The van der Waals surface area contributed by atoms with Crippen molar-refractivity contribution in [1.29, 1.82) is 0 Å². The fourth-order valence-electron chi connectivity index (χ4n) is 3.58. The molecule has 6 heteroatoms. The summed E-state index contributed by atoms with van der Waals surface area (Å²) < 4.78 is 1.87. The zero-order valence-corrected chi connectivity index (χ0v) is 16.0. The highest BCUT2D eigenvalue weighted by Crippen LogP contribution is 2.19. The molecule has 27 heavy (non-hydrogen) atoms. The van der Waals surface area contributed by atoms with Crippen LogP contribution in [0.2, 0.25) is 5.02 Å². The Kier molecular flexibility index (Phi) is 5.41. The van der Waals surface area contributed by atoms with Gasteiger partial charge in [-0.3, -0.25) is 14.4 Å². The fourth-order valence-corrected chi connectivity index (χ4v) is 3.74. The van der Waals surface area contributed by atoms with Gasteiger partial charge in [-0.15, -0.1) is 0 Å². The number of carbonyl (C=O) groups excluding carboxylic acids is 1. The minimum absolute atomic E-state index is 0.194. The summed E-state index contributed by atoms with van der Waals surface area (Å²) in [6.07, 6.45) is 2.28. The predicted molar refractivity (Wildman–Crippen MR) is 108 cm³/mol. The van der Waals surface area contributed by atoms with Gasteiger partial charge < -0.3 is 4.90 Å². The molecule has 1 amide bonds. The second kappa shape index (κ2) is 8.11. The molecule has 5 nitrogen and oxygen atoms in total.